The lowest BCUT2D eigenvalue weighted by Crippen LogP contribution is -2.21. The van der Waals surface area contributed by atoms with Crippen LogP contribution in [-0.4, -0.2) is 32.2 Å². The van der Waals surface area contributed by atoms with E-state index < -0.39 is 18.5 Å². The second-order valence-corrected chi connectivity index (χ2v) is 8.02. The summed E-state index contributed by atoms with van der Waals surface area (Å²) in [7, 11) is 1.48. The maximum absolute atomic E-state index is 12.3. The fourth-order valence-electron chi connectivity index (χ4n) is 2.37. The van der Waals surface area contributed by atoms with Crippen LogP contribution in [0.1, 0.15) is 30.6 Å². The number of hydrogen-bond acceptors (Lipinski definition) is 5. The number of methoxy groups -OCH3 is 1. The third kappa shape index (κ3) is 6.97. The lowest BCUT2D eigenvalue weighted by Gasteiger charge is -2.13. The second-order valence-electron chi connectivity index (χ2n) is 6.77. The first-order valence-electron chi connectivity index (χ1n) is 9.13. The molecule has 0 aromatic heterocycles. The van der Waals surface area contributed by atoms with E-state index in [1.807, 2.05) is 0 Å². The van der Waals surface area contributed by atoms with Gasteiger partial charge in [-0.3, -0.25) is 4.79 Å². The van der Waals surface area contributed by atoms with Crippen molar-refractivity contribution in [3.8, 4) is 11.5 Å². The van der Waals surface area contributed by atoms with Crippen LogP contribution in [0.3, 0.4) is 0 Å². The van der Waals surface area contributed by atoms with Crippen molar-refractivity contribution in [1.29, 1.82) is 0 Å². The van der Waals surface area contributed by atoms with Gasteiger partial charge in [-0.2, -0.15) is 0 Å². The fraction of sp³-hybridized carbons (Fsp3) is 0.333. The summed E-state index contributed by atoms with van der Waals surface area (Å²) in [6.45, 7) is 4.21. The van der Waals surface area contributed by atoms with E-state index >= 15 is 0 Å². The monoisotopic (exact) mass is 473 g/mol. The molecular formula is C21H22Cl3NO5. The maximum atomic E-state index is 12.3. The summed E-state index contributed by atoms with van der Waals surface area (Å²) in [5, 5.41) is 3.17. The predicted molar refractivity (Wildman–Crippen MR) is 118 cm³/mol. The third-order valence-corrected chi connectivity index (χ3v) is 4.77. The lowest BCUT2D eigenvalue weighted by molar-refractivity contribution is -0.119. The van der Waals surface area contributed by atoms with Gasteiger partial charge in [0, 0.05) is 5.02 Å². The molecule has 1 N–H and O–H groups in total. The number of ether oxygens (including phenoxy) is 3. The fourth-order valence-corrected chi connectivity index (χ4v) is 3.28. The van der Waals surface area contributed by atoms with Gasteiger partial charge in [-0.15, -0.1) is 0 Å². The molecule has 6 nitrogen and oxygen atoms in total. The van der Waals surface area contributed by atoms with Gasteiger partial charge in [0.1, 0.15) is 0 Å². The highest BCUT2D eigenvalue weighted by Gasteiger charge is 2.16. The van der Waals surface area contributed by atoms with Crippen LogP contribution in [-0.2, 0) is 9.53 Å². The number of anilines is 1. The molecule has 0 unspecified atom stereocenters. The van der Waals surface area contributed by atoms with Crippen LogP contribution in [0.15, 0.2) is 30.3 Å². The van der Waals surface area contributed by atoms with Crippen LogP contribution < -0.4 is 14.8 Å². The number of amides is 1. The van der Waals surface area contributed by atoms with Gasteiger partial charge in [-0.05, 0) is 42.7 Å². The number of halogens is 3. The zero-order valence-electron chi connectivity index (χ0n) is 16.8. The van der Waals surface area contributed by atoms with Crippen molar-refractivity contribution in [3.63, 3.8) is 0 Å². The van der Waals surface area contributed by atoms with Gasteiger partial charge >= 0.3 is 5.97 Å². The van der Waals surface area contributed by atoms with E-state index in [0.717, 1.165) is 6.42 Å². The van der Waals surface area contributed by atoms with E-state index in [1.165, 1.54) is 25.3 Å². The molecule has 0 saturated carbocycles. The number of nitrogens with one attached hydrogen (secondary N) is 1. The Morgan fingerprint density at radius 3 is 2.30 bits per heavy atom. The van der Waals surface area contributed by atoms with Gasteiger partial charge in [0.2, 0.25) is 0 Å². The van der Waals surface area contributed by atoms with Crippen molar-refractivity contribution >= 4 is 52.4 Å². The summed E-state index contributed by atoms with van der Waals surface area (Å²) in [5.74, 6) is 0.145. The molecule has 0 saturated heterocycles. The molecule has 0 fully saturated rings. The molecule has 2 rings (SSSR count). The Labute approximate surface area is 190 Å². The Morgan fingerprint density at radius 2 is 1.70 bits per heavy atom. The molecular weight excluding hydrogens is 453 g/mol. The largest absolute Gasteiger partial charge is 0.493 e. The maximum Gasteiger partial charge on any atom is 0.338 e. The van der Waals surface area contributed by atoms with Gasteiger partial charge < -0.3 is 19.5 Å². The number of carbonyl (C=O) groups excluding carboxylic acids is 2. The standard InChI is InChI=1S/C21H22Cl3NO5/c1-12(2)6-7-29-17-5-4-13(8-18(17)28-3)21(27)30-11-19(26)25-20-15(23)9-14(22)10-16(20)24/h4-5,8-10,12H,6-7,11H2,1-3H3,(H,25,26). The smallest absolute Gasteiger partial charge is 0.338 e. The molecule has 0 bridgehead atoms. The van der Waals surface area contributed by atoms with Crippen molar-refractivity contribution in [3.05, 3.63) is 51.0 Å². The lowest BCUT2D eigenvalue weighted by atomic mass is 10.1. The van der Waals surface area contributed by atoms with E-state index in [4.69, 9.17) is 49.0 Å². The van der Waals surface area contributed by atoms with E-state index in [1.54, 1.807) is 12.1 Å². The molecule has 0 atom stereocenters. The molecule has 9 heteroatoms. The number of rotatable bonds is 9. The summed E-state index contributed by atoms with van der Waals surface area (Å²) in [4.78, 5) is 24.4. The summed E-state index contributed by atoms with van der Waals surface area (Å²) < 4.78 is 16.0. The molecule has 162 valence electrons. The van der Waals surface area contributed by atoms with E-state index in [0.29, 0.717) is 29.0 Å². The van der Waals surface area contributed by atoms with Gasteiger partial charge in [0.15, 0.2) is 18.1 Å². The number of benzene rings is 2. The number of hydrogen-bond donors (Lipinski definition) is 1. The van der Waals surface area contributed by atoms with Crippen LogP contribution in [0.2, 0.25) is 15.1 Å². The molecule has 0 aliphatic carbocycles. The highest BCUT2D eigenvalue weighted by molar-refractivity contribution is 6.42. The van der Waals surface area contributed by atoms with Crippen LogP contribution in [0, 0.1) is 5.92 Å². The van der Waals surface area contributed by atoms with Gasteiger partial charge in [-0.1, -0.05) is 48.7 Å². The summed E-state index contributed by atoms with van der Waals surface area (Å²) in [5.41, 5.74) is 0.409. The molecule has 0 spiro atoms. The molecule has 0 aliphatic heterocycles. The van der Waals surface area contributed by atoms with Gasteiger partial charge in [0.05, 0.1) is 35.0 Å². The second kappa shape index (κ2) is 11.3. The third-order valence-electron chi connectivity index (χ3n) is 3.96. The Hall–Kier alpha value is -2.15. The topological polar surface area (TPSA) is 73.9 Å². The van der Waals surface area contributed by atoms with Crippen molar-refractivity contribution in [2.24, 2.45) is 5.92 Å². The van der Waals surface area contributed by atoms with E-state index in [9.17, 15) is 9.59 Å². The Balaban J connectivity index is 1.96. The molecule has 0 aliphatic rings. The van der Waals surface area contributed by atoms with Crippen LogP contribution in [0.5, 0.6) is 11.5 Å². The molecule has 30 heavy (non-hydrogen) atoms. The van der Waals surface area contributed by atoms with Crippen LogP contribution in [0.25, 0.3) is 0 Å². The van der Waals surface area contributed by atoms with Crippen molar-refractivity contribution in [2.45, 2.75) is 20.3 Å². The highest BCUT2D eigenvalue weighted by Crippen LogP contribution is 2.33. The average Bonchev–Trinajstić information content (AvgIpc) is 2.68. The van der Waals surface area contributed by atoms with E-state index in [2.05, 4.69) is 19.2 Å². The Kier molecular flexibility index (Phi) is 9.08. The Bertz CT molecular complexity index is 895. The molecule has 1 amide bonds. The summed E-state index contributed by atoms with van der Waals surface area (Å²) in [6, 6.07) is 7.54. The highest BCUT2D eigenvalue weighted by atomic mass is 35.5. The predicted octanol–water partition coefficient (Wildman–Crippen LogP) is 5.88. The van der Waals surface area contributed by atoms with Crippen molar-refractivity contribution in [2.75, 3.05) is 25.6 Å². The molecule has 0 heterocycles. The number of esters is 1. The molecule has 2 aromatic rings. The minimum Gasteiger partial charge on any atom is -0.493 e. The minimum atomic E-state index is -0.689. The SMILES string of the molecule is COc1cc(C(=O)OCC(=O)Nc2c(Cl)cc(Cl)cc2Cl)ccc1OCCC(C)C. The number of carbonyl (C=O) groups is 2. The first kappa shape index (κ1) is 24.1. The average molecular weight is 475 g/mol. The first-order chi connectivity index (χ1) is 14.2. The Morgan fingerprint density at radius 1 is 1.03 bits per heavy atom. The normalized spacial score (nSPS) is 10.6. The summed E-state index contributed by atoms with van der Waals surface area (Å²) in [6.07, 6.45) is 0.893. The minimum absolute atomic E-state index is 0.171. The van der Waals surface area contributed by atoms with Crippen LogP contribution in [0.4, 0.5) is 5.69 Å². The van der Waals surface area contributed by atoms with Gasteiger partial charge in [0.25, 0.3) is 5.91 Å². The molecule has 0 radical (unpaired) electrons. The van der Waals surface area contributed by atoms with Crippen molar-refractivity contribution in [1.82, 2.24) is 0 Å². The zero-order valence-corrected chi connectivity index (χ0v) is 19.0. The van der Waals surface area contributed by atoms with Crippen molar-refractivity contribution < 1.29 is 23.8 Å². The molecule has 2 aromatic carbocycles. The summed E-state index contributed by atoms with van der Waals surface area (Å²) >= 11 is 17.9. The first-order valence-corrected chi connectivity index (χ1v) is 10.3. The zero-order chi connectivity index (χ0) is 22.3. The quantitative estimate of drug-likeness (QED) is 0.460. The van der Waals surface area contributed by atoms with Gasteiger partial charge in [-0.25, -0.2) is 4.79 Å². The van der Waals surface area contributed by atoms with Crippen LogP contribution >= 0.6 is 34.8 Å². The van der Waals surface area contributed by atoms with E-state index in [-0.39, 0.29) is 21.3 Å².